The van der Waals surface area contributed by atoms with E-state index in [2.05, 4.69) is 11.4 Å². The van der Waals surface area contributed by atoms with Crippen molar-refractivity contribution in [3.05, 3.63) is 11.6 Å². The topological polar surface area (TPSA) is 122 Å². The summed E-state index contributed by atoms with van der Waals surface area (Å²) in [4.78, 5) is 14.8. The molecule has 0 aliphatic carbocycles. The van der Waals surface area contributed by atoms with Crippen LogP contribution in [0.1, 0.15) is 26.7 Å². The van der Waals surface area contributed by atoms with Gasteiger partial charge in [-0.05, 0) is 33.1 Å². The van der Waals surface area contributed by atoms with Crippen LogP contribution in [0.25, 0.3) is 0 Å². The summed E-state index contributed by atoms with van der Waals surface area (Å²) in [6.45, 7) is 4.26. The maximum atomic E-state index is 12.8. The van der Waals surface area contributed by atoms with E-state index in [1.165, 1.54) is 24.3 Å². The first kappa shape index (κ1) is 25.6. The molecular formula is C18H33ClN2O6S. The molecule has 0 bridgehead atoms. The van der Waals surface area contributed by atoms with Crippen LogP contribution in [0.2, 0.25) is 0 Å². The van der Waals surface area contributed by atoms with Gasteiger partial charge in [0, 0.05) is 6.54 Å². The Morgan fingerprint density at radius 1 is 1.36 bits per heavy atom. The summed E-state index contributed by atoms with van der Waals surface area (Å²) in [6, 6.07) is -1.28. The fraction of sp³-hybridized carbons (Fsp3) is 0.833. The van der Waals surface area contributed by atoms with E-state index in [1.807, 2.05) is 18.9 Å². The molecule has 0 aromatic heterocycles. The van der Waals surface area contributed by atoms with Crippen LogP contribution in [-0.4, -0.2) is 99.1 Å². The second-order valence-corrected chi connectivity index (χ2v) is 8.29. The van der Waals surface area contributed by atoms with E-state index in [9.17, 15) is 25.2 Å². The van der Waals surface area contributed by atoms with Crippen LogP contribution in [0.4, 0.5) is 0 Å². The predicted molar refractivity (Wildman–Crippen MR) is 110 cm³/mol. The lowest BCUT2D eigenvalue weighted by atomic mass is 9.92. The number of aliphatic hydroxyl groups is 4. The number of aliphatic hydroxyl groups excluding tert-OH is 4. The second kappa shape index (κ2) is 11.1. The van der Waals surface area contributed by atoms with E-state index >= 15 is 0 Å². The molecule has 2 saturated heterocycles. The molecule has 0 spiro atoms. The second-order valence-electron chi connectivity index (χ2n) is 7.36. The highest BCUT2D eigenvalue weighted by atomic mass is 35.5. The van der Waals surface area contributed by atoms with Crippen molar-refractivity contribution in [1.29, 1.82) is 0 Å². The number of likely N-dealkylation sites (tertiary alicyclic amines) is 1. The molecule has 8 atom stereocenters. The first-order valence-electron chi connectivity index (χ1n) is 9.30. The van der Waals surface area contributed by atoms with Gasteiger partial charge in [-0.15, -0.1) is 24.2 Å². The average molecular weight is 441 g/mol. The summed E-state index contributed by atoms with van der Waals surface area (Å²) >= 11 is 1.19. The molecule has 0 radical (unpaired) electrons. The van der Waals surface area contributed by atoms with Crippen molar-refractivity contribution in [3.8, 4) is 0 Å². The molecular weight excluding hydrogens is 408 g/mol. The van der Waals surface area contributed by atoms with Gasteiger partial charge in [0.15, 0.2) is 0 Å². The molecule has 0 aromatic carbocycles. The number of nitrogens with zero attached hydrogens (tertiary/aromatic N) is 1. The van der Waals surface area contributed by atoms with E-state index in [1.54, 1.807) is 6.26 Å². The lowest BCUT2D eigenvalue weighted by Gasteiger charge is -2.44. The number of likely N-dealkylation sites (N-methyl/N-ethyl adjacent to an activating group) is 1. The molecule has 28 heavy (non-hydrogen) atoms. The highest BCUT2D eigenvalue weighted by molar-refractivity contribution is 7.99. The van der Waals surface area contributed by atoms with Crippen molar-refractivity contribution in [1.82, 2.24) is 10.2 Å². The molecule has 2 fully saturated rings. The monoisotopic (exact) mass is 440 g/mol. The van der Waals surface area contributed by atoms with E-state index in [4.69, 9.17) is 4.74 Å². The Labute approximate surface area is 176 Å². The van der Waals surface area contributed by atoms with Gasteiger partial charge >= 0.3 is 0 Å². The third-order valence-electron chi connectivity index (χ3n) is 5.26. The van der Waals surface area contributed by atoms with Crippen LogP contribution in [-0.2, 0) is 9.53 Å². The Morgan fingerprint density at radius 2 is 2.00 bits per heavy atom. The number of thioether (sulfide) groups is 1. The van der Waals surface area contributed by atoms with Gasteiger partial charge in [-0.3, -0.25) is 9.69 Å². The number of amides is 1. The van der Waals surface area contributed by atoms with Gasteiger partial charge in [-0.25, -0.2) is 0 Å². The molecule has 0 saturated carbocycles. The van der Waals surface area contributed by atoms with Crippen molar-refractivity contribution in [3.63, 3.8) is 0 Å². The van der Waals surface area contributed by atoms with Crippen LogP contribution < -0.4 is 5.32 Å². The minimum atomic E-state index is -1.43. The zero-order valence-electron chi connectivity index (χ0n) is 16.7. The SMILES string of the molecule is CCC=C1C[C@@H](C(=O)N[C@@H](C2O[C@H](SC)C(O)[C@H](O)[C@H]2O)[C@@H](C)O)N(C)C1.Cl. The minimum absolute atomic E-state index is 0. The van der Waals surface area contributed by atoms with Crippen molar-refractivity contribution < 1.29 is 30.0 Å². The average Bonchev–Trinajstić information content (AvgIpc) is 2.99. The third-order valence-corrected chi connectivity index (χ3v) is 6.11. The molecule has 2 rings (SSSR count). The third kappa shape index (κ3) is 5.60. The molecule has 5 N–H and O–H groups in total. The smallest absolute Gasteiger partial charge is 0.238 e. The Morgan fingerprint density at radius 3 is 2.54 bits per heavy atom. The number of carbonyl (C=O) groups excluding carboxylic acids is 1. The van der Waals surface area contributed by atoms with Gasteiger partial charge in [-0.1, -0.05) is 18.6 Å². The summed E-state index contributed by atoms with van der Waals surface area (Å²) in [6.07, 6.45) is -0.812. The van der Waals surface area contributed by atoms with Crippen molar-refractivity contribution in [2.45, 2.75) is 74.7 Å². The fourth-order valence-electron chi connectivity index (χ4n) is 3.73. The van der Waals surface area contributed by atoms with Crippen LogP contribution in [0, 0.1) is 0 Å². The number of halogens is 1. The van der Waals surface area contributed by atoms with E-state index in [0.29, 0.717) is 13.0 Å². The van der Waals surface area contributed by atoms with Gasteiger partial charge in [0.2, 0.25) is 5.91 Å². The van der Waals surface area contributed by atoms with E-state index in [0.717, 1.165) is 6.42 Å². The van der Waals surface area contributed by atoms with Crippen LogP contribution in [0.15, 0.2) is 11.6 Å². The number of allylic oxidation sites excluding steroid dienone is 1. The van der Waals surface area contributed by atoms with E-state index in [-0.39, 0.29) is 24.4 Å². The number of ether oxygens (including phenoxy) is 1. The number of carbonyl (C=O) groups is 1. The number of hydrogen-bond donors (Lipinski definition) is 5. The summed E-state index contributed by atoms with van der Waals surface area (Å²) in [5.74, 6) is -0.264. The van der Waals surface area contributed by atoms with E-state index < -0.39 is 42.0 Å². The Balaban J connectivity index is 0.00000392. The Bertz CT molecular complexity index is 550. The Kier molecular flexibility index (Phi) is 10.2. The first-order valence-corrected chi connectivity index (χ1v) is 10.6. The van der Waals surface area contributed by atoms with Crippen LogP contribution in [0.3, 0.4) is 0 Å². The molecule has 164 valence electrons. The zero-order valence-corrected chi connectivity index (χ0v) is 18.3. The molecule has 1 amide bonds. The summed E-state index contributed by atoms with van der Waals surface area (Å²) in [7, 11) is 1.87. The lowest BCUT2D eigenvalue weighted by Crippen LogP contribution is -2.65. The van der Waals surface area contributed by atoms with Crippen LogP contribution in [0.5, 0.6) is 0 Å². The van der Waals surface area contributed by atoms with Gasteiger partial charge in [0.1, 0.15) is 29.9 Å². The Hall–Kier alpha value is -0.390. The maximum Gasteiger partial charge on any atom is 0.238 e. The molecule has 10 heteroatoms. The predicted octanol–water partition coefficient (Wildman–Crippen LogP) is -0.515. The quantitative estimate of drug-likeness (QED) is 0.350. The molecule has 2 heterocycles. The normalized spacial score (nSPS) is 37.4. The highest BCUT2D eigenvalue weighted by Crippen LogP contribution is 2.30. The van der Waals surface area contributed by atoms with Gasteiger partial charge < -0.3 is 30.5 Å². The molecule has 0 aromatic rings. The summed E-state index contributed by atoms with van der Waals surface area (Å²) in [5, 5.41) is 43.5. The fourth-order valence-corrected chi connectivity index (χ4v) is 4.41. The molecule has 2 aliphatic rings. The number of rotatable bonds is 6. The van der Waals surface area contributed by atoms with Crippen molar-refractivity contribution >= 4 is 30.1 Å². The molecule has 2 unspecified atom stereocenters. The lowest BCUT2D eigenvalue weighted by molar-refractivity contribution is -0.211. The van der Waals surface area contributed by atoms with Gasteiger partial charge in [0.25, 0.3) is 0 Å². The summed E-state index contributed by atoms with van der Waals surface area (Å²) < 4.78 is 5.71. The van der Waals surface area contributed by atoms with Gasteiger partial charge in [0.05, 0.1) is 18.2 Å². The van der Waals surface area contributed by atoms with Crippen molar-refractivity contribution in [2.24, 2.45) is 0 Å². The first-order chi connectivity index (χ1) is 12.7. The maximum absolute atomic E-state index is 12.8. The number of nitrogens with one attached hydrogen (secondary N) is 1. The minimum Gasteiger partial charge on any atom is -0.391 e. The molecule has 2 aliphatic heterocycles. The zero-order chi connectivity index (χ0) is 20.3. The standard InChI is InChI=1S/C18H32N2O6S.ClH/c1-5-6-10-7-11(20(3)8-10)17(25)19-12(9(2)21)16-14(23)13(22)15(24)18(26-16)27-4;/h6,9,11-16,18,21-24H,5,7-8H2,1-4H3,(H,19,25);1H/t9-,11+,12-,13-,14-,15?,16?,18-;/m1./s1. The molecule has 8 nitrogen and oxygen atoms in total. The highest BCUT2D eigenvalue weighted by Gasteiger charge is 2.48. The summed E-state index contributed by atoms with van der Waals surface area (Å²) in [5.41, 5.74) is 0.434. The van der Waals surface area contributed by atoms with Gasteiger partial charge in [-0.2, -0.15) is 0 Å². The van der Waals surface area contributed by atoms with Crippen molar-refractivity contribution in [2.75, 3.05) is 19.8 Å². The number of hydrogen-bond acceptors (Lipinski definition) is 8. The van der Waals surface area contributed by atoms with Crippen LogP contribution >= 0.6 is 24.2 Å². The largest absolute Gasteiger partial charge is 0.391 e.